The summed E-state index contributed by atoms with van der Waals surface area (Å²) in [4.78, 5) is 23.8. The van der Waals surface area contributed by atoms with Gasteiger partial charge in [-0.3, -0.25) is 9.59 Å². The standard InChI is InChI=1S/C18H16Cl2N2O3/c1-10-18(24)22-14-9-12(6-7-15(14)25-10)21-16(23)8-5-11-3-2-4-13(19)17(11)20/h2-4,6-7,9-10H,5,8H2,1H3,(H,21,23)(H,22,24). The Hall–Kier alpha value is -2.24. The predicted octanol–water partition coefficient (Wildman–Crippen LogP) is 4.28. The molecule has 0 fully saturated rings. The maximum absolute atomic E-state index is 12.2. The second-order valence-electron chi connectivity index (χ2n) is 5.72. The lowest BCUT2D eigenvalue weighted by Crippen LogP contribution is -2.34. The van der Waals surface area contributed by atoms with Gasteiger partial charge in [-0.05, 0) is 43.2 Å². The van der Waals surface area contributed by atoms with E-state index in [1.54, 1.807) is 37.3 Å². The quantitative estimate of drug-likeness (QED) is 0.833. The van der Waals surface area contributed by atoms with Crippen LogP contribution < -0.4 is 15.4 Å². The zero-order chi connectivity index (χ0) is 18.0. The van der Waals surface area contributed by atoms with E-state index in [0.29, 0.717) is 33.6 Å². The van der Waals surface area contributed by atoms with Crippen LogP contribution in [0.5, 0.6) is 5.75 Å². The third-order valence-electron chi connectivity index (χ3n) is 3.85. The Kier molecular flexibility index (Phi) is 5.16. The first kappa shape index (κ1) is 17.6. The van der Waals surface area contributed by atoms with E-state index in [9.17, 15) is 9.59 Å². The number of hydrogen-bond acceptors (Lipinski definition) is 3. The molecule has 7 heteroatoms. The molecule has 25 heavy (non-hydrogen) atoms. The highest BCUT2D eigenvalue weighted by molar-refractivity contribution is 6.42. The van der Waals surface area contributed by atoms with Gasteiger partial charge in [-0.15, -0.1) is 0 Å². The van der Waals surface area contributed by atoms with Crippen LogP contribution in [-0.2, 0) is 16.0 Å². The Labute approximate surface area is 155 Å². The van der Waals surface area contributed by atoms with Crippen LogP contribution in [0.1, 0.15) is 18.9 Å². The number of halogens is 2. The molecule has 3 rings (SSSR count). The van der Waals surface area contributed by atoms with Crippen LogP contribution in [0, 0.1) is 0 Å². The first-order valence-electron chi connectivity index (χ1n) is 7.78. The summed E-state index contributed by atoms with van der Waals surface area (Å²) in [5.74, 6) is 0.204. The minimum absolute atomic E-state index is 0.160. The number of aryl methyl sites for hydroxylation is 1. The Morgan fingerprint density at radius 2 is 2.08 bits per heavy atom. The van der Waals surface area contributed by atoms with Crippen molar-refractivity contribution in [3.05, 3.63) is 52.0 Å². The monoisotopic (exact) mass is 378 g/mol. The summed E-state index contributed by atoms with van der Waals surface area (Å²) >= 11 is 12.1. The summed E-state index contributed by atoms with van der Waals surface area (Å²) in [5.41, 5.74) is 1.95. The largest absolute Gasteiger partial charge is 0.479 e. The molecule has 0 aliphatic carbocycles. The van der Waals surface area contributed by atoms with E-state index in [4.69, 9.17) is 27.9 Å². The van der Waals surface area contributed by atoms with Crippen LogP contribution in [0.2, 0.25) is 10.0 Å². The number of amides is 2. The van der Waals surface area contributed by atoms with Gasteiger partial charge in [-0.1, -0.05) is 35.3 Å². The van der Waals surface area contributed by atoms with Crippen molar-refractivity contribution in [1.29, 1.82) is 0 Å². The van der Waals surface area contributed by atoms with Gasteiger partial charge < -0.3 is 15.4 Å². The van der Waals surface area contributed by atoms with Gasteiger partial charge in [-0.2, -0.15) is 0 Å². The van der Waals surface area contributed by atoms with Crippen molar-refractivity contribution in [1.82, 2.24) is 0 Å². The fraction of sp³-hybridized carbons (Fsp3) is 0.222. The molecule has 0 radical (unpaired) electrons. The van der Waals surface area contributed by atoms with E-state index in [-0.39, 0.29) is 18.2 Å². The molecular weight excluding hydrogens is 363 g/mol. The Balaban J connectivity index is 1.63. The second kappa shape index (κ2) is 7.33. The summed E-state index contributed by atoms with van der Waals surface area (Å²) in [5, 5.41) is 6.49. The van der Waals surface area contributed by atoms with Crippen LogP contribution in [-0.4, -0.2) is 17.9 Å². The molecule has 0 saturated carbocycles. The van der Waals surface area contributed by atoms with Gasteiger partial charge in [0.25, 0.3) is 5.91 Å². The Morgan fingerprint density at radius 3 is 2.88 bits per heavy atom. The lowest BCUT2D eigenvalue weighted by Gasteiger charge is -2.23. The molecular formula is C18H16Cl2N2O3. The zero-order valence-corrected chi connectivity index (χ0v) is 14.9. The van der Waals surface area contributed by atoms with Crippen LogP contribution in [0.4, 0.5) is 11.4 Å². The van der Waals surface area contributed by atoms with Crippen LogP contribution in [0.3, 0.4) is 0 Å². The van der Waals surface area contributed by atoms with Crippen LogP contribution >= 0.6 is 23.2 Å². The summed E-state index contributed by atoms with van der Waals surface area (Å²) in [7, 11) is 0. The minimum Gasteiger partial charge on any atom is -0.479 e. The molecule has 1 aliphatic rings. The number of carbonyl (C=O) groups excluding carboxylic acids is 2. The number of ether oxygens (including phenoxy) is 1. The zero-order valence-electron chi connectivity index (χ0n) is 13.4. The molecule has 5 nitrogen and oxygen atoms in total. The van der Waals surface area contributed by atoms with Gasteiger partial charge in [-0.25, -0.2) is 0 Å². The molecule has 2 amide bonds. The first-order valence-corrected chi connectivity index (χ1v) is 8.54. The van der Waals surface area contributed by atoms with Crippen molar-refractivity contribution >= 4 is 46.4 Å². The Bertz CT molecular complexity index is 839. The van der Waals surface area contributed by atoms with Crippen molar-refractivity contribution in [3.8, 4) is 5.75 Å². The molecule has 0 saturated heterocycles. The summed E-state index contributed by atoms with van der Waals surface area (Å²) in [6.07, 6.45) is 0.209. The van der Waals surface area contributed by atoms with Crippen molar-refractivity contribution in [3.63, 3.8) is 0 Å². The average molecular weight is 379 g/mol. The van der Waals surface area contributed by atoms with Gasteiger partial charge in [0.05, 0.1) is 15.7 Å². The van der Waals surface area contributed by atoms with Crippen LogP contribution in [0.25, 0.3) is 0 Å². The maximum Gasteiger partial charge on any atom is 0.265 e. The van der Waals surface area contributed by atoms with Crippen LogP contribution in [0.15, 0.2) is 36.4 Å². The summed E-state index contributed by atoms with van der Waals surface area (Å²) < 4.78 is 5.48. The molecule has 0 aromatic heterocycles. The van der Waals surface area contributed by atoms with Gasteiger partial charge in [0.2, 0.25) is 5.91 Å². The summed E-state index contributed by atoms with van der Waals surface area (Å²) in [6, 6.07) is 10.5. The number of fused-ring (bicyclic) bond motifs is 1. The highest BCUT2D eigenvalue weighted by Gasteiger charge is 2.23. The van der Waals surface area contributed by atoms with E-state index in [1.165, 1.54) is 0 Å². The molecule has 2 N–H and O–H groups in total. The van der Waals surface area contributed by atoms with E-state index < -0.39 is 6.10 Å². The van der Waals surface area contributed by atoms with E-state index in [1.807, 2.05) is 6.07 Å². The number of benzene rings is 2. The van der Waals surface area contributed by atoms with E-state index >= 15 is 0 Å². The number of anilines is 2. The molecule has 0 bridgehead atoms. The molecule has 2 aromatic rings. The molecule has 0 spiro atoms. The highest BCUT2D eigenvalue weighted by Crippen LogP contribution is 2.32. The number of nitrogens with one attached hydrogen (secondary N) is 2. The van der Waals surface area contributed by atoms with Crippen molar-refractivity contribution in [2.24, 2.45) is 0 Å². The number of rotatable bonds is 4. The van der Waals surface area contributed by atoms with Crippen molar-refractivity contribution in [2.45, 2.75) is 25.9 Å². The van der Waals surface area contributed by atoms with Gasteiger partial charge >= 0.3 is 0 Å². The van der Waals surface area contributed by atoms with Gasteiger partial charge in [0.15, 0.2) is 6.10 Å². The maximum atomic E-state index is 12.2. The average Bonchev–Trinajstić information content (AvgIpc) is 2.57. The van der Waals surface area contributed by atoms with Crippen molar-refractivity contribution in [2.75, 3.05) is 10.6 Å². The summed E-state index contributed by atoms with van der Waals surface area (Å²) in [6.45, 7) is 1.68. The topological polar surface area (TPSA) is 67.4 Å². The fourth-order valence-electron chi connectivity index (χ4n) is 2.50. The second-order valence-corrected chi connectivity index (χ2v) is 6.51. The third kappa shape index (κ3) is 4.06. The normalized spacial score (nSPS) is 15.8. The lowest BCUT2D eigenvalue weighted by atomic mass is 10.1. The third-order valence-corrected chi connectivity index (χ3v) is 4.71. The SMILES string of the molecule is CC1Oc2ccc(NC(=O)CCc3cccc(Cl)c3Cl)cc2NC1=O. The first-order chi connectivity index (χ1) is 11.9. The molecule has 130 valence electrons. The predicted molar refractivity (Wildman–Crippen MR) is 98.6 cm³/mol. The number of carbonyl (C=O) groups is 2. The highest BCUT2D eigenvalue weighted by atomic mass is 35.5. The Morgan fingerprint density at radius 1 is 1.28 bits per heavy atom. The van der Waals surface area contributed by atoms with Gasteiger partial charge in [0.1, 0.15) is 5.75 Å². The minimum atomic E-state index is -0.532. The molecule has 1 heterocycles. The number of hydrogen-bond donors (Lipinski definition) is 2. The van der Waals surface area contributed by atoms with Crippen molar-refractivity contribution < 1.29 is 14.3 Å². The van der Waals surface area contributed by atoms with E-state index in [2.05, 4.69) is 10.6 Å². The molecule has 2 aromatic carbocycles. The molecule has 1 aliphatic heterocycles. The fourth-order valence-corrected chi connectivity index (χ4v) is 2.91. The van der Waals surface area contributed by atoms with Gasteiger partial charge in [0, 0.05) is 12.1 Å². The lowest BCUT2D eigenvalue weighted by molar-refractivity contribution is -0.122. The molecule has 1 atom stereocenters. The molecule has 1 unspecified atom stereocenters. The van der Waals surface area contributed by atoms with E-state index in [0.717, 1.165) is 5.56 Å². The smallest absolute Gasteiger partial charge is 0.265 e.